The molecule has 0 spiro atoms. The number of nitrogens with one attached hydrogen (secondary N) is 1. The summed E-state index contributed by atoms with van der Waals surface area (Å²) >= 11 is 11.3. The van der Waals surface area contributed by atoms with Crippen LogP contribution in [-0.2, 0) is 9.53 Å². The number of hydrogen-bond donors (Lipinski definition) is 1. The highest BCUT2D eigenvalue weighted by molar-refractivity contribution is 9.11. The lowest BCUT2D eigenvalue weighted by atomic mass is 10.2. The summed E-state index contributed by atoms with van der Waals surface area (Å²) in [5.74, 6) is -0.345. The third-order valence-electron chi connectivity index (χ3n) is 3.21. The molecular formula is C15H12BrClN2O2S. The highest BCUT2D eigenvalue weighted by Gasteiger charge is 2.31. The smallest absolute Gasteiger partial charge is 0.328 e. The van der Waals surface area contributed by atoms with E-state index in [1.807, 2.05) is 47.5 Å². The van der Waals surface area contributed by atoms with Crippen molar-refractivity contribution >= 4 is 56.2 Å². The van der Waals surface area contributed by atoms with Gasteiger partial charge in [0.25, 0.3) is 0 Å². The van der Waals surface area contributed by atoms with Crippen molar-refractivity contribution in [3.63, 3.8) is 0 Å². The fraction of sp³-hybridized carbons (Fsp3) is 0.133. The average Bonchev–Trinajstić information content (AvgIpc) is 3.13. The second kappa shape index (κ2) is 6.42. The predicted molar refractivity (Wildman–Crippen MR) is 92.9 cm³/mol. The predicted octanol–water partition coefficient (Wildman–Crippen LogP) is 4.07. The van der Waals surface area contributed by atoms with Crippen molar-refractivity contribution in [3.05, 3.63) is 56.2 Å². The van der Waals surface area contributed by atoms with E-state index in [-0.39, 0.29) is 5.97 Å². The van der Waals surface area contributed by atoms with Crippen LogP contribution in [-0.4, -0.2) is 19.1 Å². The Hall–Kier alpha value is -1.34. The number of para-hydroxylation sites is 1. The molecule has 0 radical (unpaired) electrons. The normalized spacial score (nSPS) is 17.5. The summed E-state index contributed by atoms with van der Waals surface area (Å²) in [6.07, 6.45) is 1.84. The molecule has 0 saturated heterocycles. The molecule has 0 amide bonds. The van der Waals surface area contributed by atoms with Gasteiger partial charge in [0.1, 0.15) is 6.04 Å². The molecule has 2 heterocycles. The van der Waals surface area contributed by atoms with E-state index in [9.17, 15) is 4.79 Å². The van der Waals surface area contributed by atoms with E-state index in [0.717, 1.165) is 20.0 Å². The molecule has 0 fully saturated rings. The van der Waals surface area contributed by atoms with E-state index >= 15 is 0 Å². The Balaban J connectivity index is 2.03. The molecule has 1 aliphatic heterocycles. The third kappa shape index (κ3) is 2.92. The van der Waals surface area contributed by atoms with E-state index in [1.54, 1.807) is 11.3 Å². The minimum Gasteiger partial charge on any atom is -0.468 e. The van der Waals surface area contributed by atoms with Crippen LogP contribution in [0.2, 0.25) is 5.02 Å². The van der Waals surface area contributed by atoms with Gasteiger partial charge >= 0.3 is 5.97 Å². The van der Waals surface area contributed by atoms with Crippen molar-refractivity contribution in [2.45, 2.75) is 6.04 Å². The van der Waals surface area contributed by atoms with Gasteiger partial charge in [0.05, 0.1) is 32.2 Å². The molecule has 1 N–H and O–H groups in total. The Morgan fingerprint density at radius 3 is 2.77 bits per heavy atom. The van der Waals surface area contributed by atoms with Crippen LogP contribution in [0, 0.1) is 0 Å². The number of methoxy groups -OCH3 is 1. The molecule has 22 heavy (non-hydrogen) atoms. The highest BCUT2D eigenvalue weighted by atomic mass is 79.9. The maximum Gasteiger partial charge on any atom is 0.328 e. The highest BCUT2D eigenvalue weighted by Crippen LogP contribution is 2.37. The Bertz CT molecular complexity index is 747. The molecule has 1 aliphatic rings. The van der Waals surface area contributed by atoms with Gasteiger partial charge < -0.3 is 4.74 Å². The van der Waals surface area contributed by atoms with E-state index < -0.39 is 6.04 Å². The van der Waals surface area contributed by atoms with Crippen molar-refractivity contribution in [1.82, 2.24) is 5.43 Å². The van der Waals surface area contributed by atoms with Crippen molar-refractivity contribution in [2.24, 2.45) is 0 Å². The number of rotatable bonds is 3. The molecule has 4 nitrogen and oxygen atoms in total. The number of anilines is 1. The zero-order valence-corrected chi connectivity index (χ0v) is 14.7. The lowest BCUT2D eigenvalue weighted by molar-refractivity contribution is -0.141. The van der Waals surface area contributed by atoms with Crippen LogP contribution in [0.3, 0.4) is 0 Å². The summed E-state index contributed by atoms with van der Waals surface area (Å²) in [4.78, 5) is 12.9. The van der Waals surface area contributed by atoms with Crippen LogP contribution in [0.5, 0.6) is 0 Å². The molecule has 1 unspecified atom stereocenters. The van der Waals surface area contributed by atoms with Gasteiger partial charge in [0.15, 0.2) is 0 Å². The number of benzene rings is 1. The molecular weight excluding hydrogens is 388 g/mol. The van der Waals surface area contributed by atoms with Gasteiger partial charge in [-0.25, -0.2) is 10.2 Å². The summed E-state index contributed by atoms with van der Waals surface area (Å²) in [5.41, 5.74) is 4.79. The van der Waals surface area contributed by atoms with Crippen molar-refractivity contribution in [2.75, 3.05) is 12.1 Å². The van der Waals surface area contributed by atoms with Crippen LogP contribution in [0.4, 0.5) is 5.69 Å². The molecule has 0 saturated carbocycles. The maximum absolute atomic E-state index is 11.9. The fourth-order valence-corrected chi connectivity index (χ4v) is 3.82. The summed E-state index contributed by atoms with van der Waals surface area (Å²) in [6.45, 7) is 0. The number of nitrogens with zero attached hydrogens (tertiary/aromatic N) is 1. The Morgan fingerprint density at radius 1 is 1.36 bits per heavy atom. The first-order valence-electron chi connectivity index (χ1n) is 6.46. The van der Waals surface area contributed by atoms with E-state index in [2.05, 4.69) is 21.4 Å². The number of thiophene rings is 1. The summed E-state index contributed by atoms with van der Waals surface area (Å²) < 4.78 is 5.84. The number of carbonyl (C=O) groups is 1. The number of carbonyl (C=O) groups excluding carboxylic acids is 1. The van der Waals surface area contributed by atoms with E-state index in [4.69, 9.17) is 16.3 Å². The van der Waals surface area contributed by atoms with E-state index in [0.29, 0.717) is 5.02 Å². The zero-order chi connectivity index (χ0) is 15.7. The SMILES string of the molecule is COC(=O)C1C=C(c2ccc(Br)s2)N(c2ccccc2Cl)N1. The first-order valence-corrected chi connectivity index (χ1v) is 8.45. The summed E-state index contributed by atoms with van der Waals surface area (Å²) in [6, 6.07) is 10.9. The summed E-state index contributed by atoms with van der Waals surface area (Å²) in [5, 5.41) is 2.42. The molecule has 0 bridgehead atoms. The van der Waals surface area contributed by atoms with Gasteiger partial charge in [-0.1, -0.05) is 23.7 Å². The number of hydrazine groups is 1. The molecule has 0 aliphatic carbocycles. The molecule has 1 aromatic carbocycles. The first-order chi connectivity index (χ1) is 10.6. The molecule has 114 valence electrons. The molecule has 3 rings (SSSR count). The van der Waals surface area contributed by atoms with Crippen LogP contribution in [0.25, 0.3) is 5.70 Å². The topological polar surface area (TPSA) is 41.6 Å². The zero-order valence-electron chi connectivity index (χ0n) is 11.5. The largest absolute Gasteiger partial charge is 0.468 e. The average molecular weight is 400 g/mol. The van der Waals surface area contributed by atoms with Crippen molar-refractivity contribution < 1.29 is 9.53 Å². The van der Waals surface area contributed by atoms with Crippen molar-refractivity contribution in [3.8, 4) is 0 Å². The van der Waals surface area contributed by atoms with Crippen molar-refractivity contribution in [1.29, 1.82) is 0 Å². The van der Waals surface area contributed by atoms with Crippen LogP contribution >= 0.6 is 38.9 Å². The van der Waals surface area contributed by atoms with Gasteiger partial charge in [-0.2, -0.15) is 0 Å². The summed E-state index contributed by atoms with van der Waals surface area (Å²) in [7, 11) is 1.37. The molecule has 1 atom stereocenters. The Labute approximate surface area is 145 Å². The van der Waals surface area contributed by atoms with Gasteiger partial charge in [-0.15, -0.1) is 11.3 Å². The monoisotopic (exact) mass is 398 g/mol. The lowest BCUT2D eigenvalue weighted by Crippen LogP contribution is -2.41. The fourth-order valence-electron chi connectivity index (χ4n) is 2.20. The number of esters is 1. The second-order valence-corrected chi connectivity index (χ2v) is 7.44. The number of ether oxygens (including phenoxy) is 1. The second-order valence-electron chi connectivity index (χ2n) is 4.57. The maximum atomic E-state index is 11.9. The third-order valence-corrected chi connectivity index (χ3v) is 5.17. The number of hydrogen-bond acceptors (Lipinski definition) is 5. The van der Waals surface area contributed by atoms with Gasteiger partial charge in [-0.3, -0.25) is 5.01 Å². The molecule has 2 aromatic rings. The van der Waals surface area contributed by atoms with Gasteiger partial charge in [-0.05, 0) is 46.3 Å². The molecule has 1 aromatic heterocycles. The minimum absolute atomic E-state index is 0.345. The van der Waals surface area contributed by atoms with Crippen LogP contribution < -0.4 is 10.4 Å². The van der Waals surface area contributed by atoms with Gasteiger partial charge in [0, 0.05) is 0 Å². The number of halogens is 2. The Kier molecular flexibility index (Phi) is 4.54. The Morgan fingerprint density at radius 2 is 2.14 bits per heavy atom. The lowest BCUT2D eigenvalue weighted by Gasteiger charge is -2.24. The van der Waals surface area contributed by atoms with Crippen LogP contribution in [0.15, 0.2) is 46.3 Å². The standard InChI is InChI=1S/C15H12BrClN2O2S/c1-21-15(20)10-8-12(13-6-7-14(16)22-13)19(18-10)11-5-3-2-4-9(11)17/h2-8,10,18H,1H3. The molecule has 7 heteroatoms. The van der Waals surface area contributed by atoms with Crippen LogP contribution in [0.1, 0.15) is 4.88 Å². The minimum atomic E-state index is -0.544. The quantitative estimate of drug-likeness (QED) is 0.790. The van der Waals surface area contributed by atoms with Gasteiger partial charge in [0.2, 0.25) is 0 Å². The van der Waals surface area contributed by atoms with E-state index in [1.165, 1.54) is 7.11 Å². The first kappa shape index (κ1) is 15.6.